The smallest absolute Gasteiger partial charge is 0.224 e. The number of para-hydroxylation sites is 1. The van der Waals surface area contributed by atoms with Crippen LogP contribution < -0.4 is 5.32 Å². The molecule has 0 fully saturated rings. The summed E-state index contributed by atoms with van der Waals surface area (Å²) in [6.07, 6.45) is 0.410. The van der Waals surface area contributed by atoms with Gasteiger partial charge in [-0.15, -0.1) is 5.10 Å². The molecule has 0 saturated carbocycles. The van der Waals surface area contributed by atoms with Crippen molar-refractivity contribution in [3.63, 3.8) is 0 Å². The molecular weight excluding hydrogens is 362 g/mol. The molecular formula is C19H19N5O2S. The van der Waals surface area contributed by atoms with E-state index in [1.807, 2.05) is 31.2 Å². The molecule has 1 heterocycles. The third kappa shape index (κ3) is 4.59. The largest absolute Gasteiger partial charge is 0.326 e. The Bertz CT molecular complexity index is 953. The molecule has 0 spiro atoms. The SMILES string of the molecule is CCC(=O)Nc1ccc(C(=O)CSc2nnnn2-c2ccccc2C)cc1. The maximum atomic E-state index is 12.5. The lowest BCUT2D eigenvalue weighted by Crippen LogP contribution is -2.10. The Hall–Kier alpha value is -3.00. The molecule has 1 aromatic heterocycles. The maximum Gasteiger partial charge on any atom is 0.224 e. The highest BCUT2D eigenvalue weighted by Gasteiger charge is 2.14. The summed E-state index contributed by atoms with van der Waals surface area (Å²) < 4.78 is 1.64. The number of aromatic nitrogens is 4. The highest BCUT2D eigenvalue weighted by atomic mass is 32.2. The zero-order valence-corrected chi connectivity index (χ0v) is 15.9. The van der Waals surface area contributed by atoms with Crippen molar-refractivity contribution in [1.82, 2.24) is 20.2 Å². The summed E-state index contributed by atoms with van der Waals surface area (Å²) in [4.78, 5) is 23.9. The van der Waals surface area contributed by atoms with E-state index in [2.05, 4.69) is 20.8 Å². The van der Waals surface area contributed by atoms with Gasteiger partial charge < -0.3 is 5.32 Å². The minimum Gasteiger partial charge on any atom is -0.326 e. The topological polar surface area (TPSA) is 89.8 Å². The number of anilines is 1. The first-order chi connectivity index (χ1) is 13.1. The highest BCUT2D eigenvalue weighted by molar-refractivity contribution is 7.99. The predicted molar refractivity (Wildman–Crippen MR) is 104 cm³/mol. The Balaban J connectivity index is 1.66. The summed E-state index contributed by atoms with van der Waals surface area (Å²) in [5.74, 6) is 0.118. The van der Waals surface area contributed by atoms with Gasteiger partial charge in [-0.25, -0.2) is 0 Å². The molecule has 1 amide bonds. The number of nitrogens with one attached hydrogen (secondary N) is 1. The summed E-state index contributed by atoms with van der Waals surface area (Å²) >= 11 is 1.29. The third-order valence-corrected chi connectivity index (χ3v) is 4.85. The molecule has 3 aromatic rings. The second-order valence-electron chi connectivity index (χ2n) is 5.85. The van der Waals surface area contributed by atoms with Crippen LogP contribution in [0.5, 0.6) is 0 Å². The van der Waals surface area contributed by atoms with E-state index in [1.54, 1.807) is 35.9 Å². The Morgan fingerprint density at radius 3 is 2.56 bits per heavy atom. The van der Waals surface area contributed by atoms with E-state index in [0.717, 1.165) is 11.3 Å². The monoisotopic (exact) mass is 381 g/mol. The fourth-order valence-corrected chi connectivity index (χ4v) is 3.20. The van der Waals surface area contributed by atoms with Crippen LogP contribution in [0, 0.1) is 6.92 Å². The van der Waals surface area contributed by atoms with Crippen molar-refractivity contribution < 1.29 is 9.59 Å². The second kappa shape index (κ2) is 8.59. The summed E-state index contributed by atoms with van der Waals surface area (Å²) in [5.41, 5.74) is 3.18. The lowest BCUT2D eigenvalue weighted by Gasteiger charge is -2.07. The number of amides is 1. The number of tetrazole rings is 1. The van der Waals surface area contributed by atoms with E-state index < -0.39 is 0 Å². The fourth-order valence-electron chi connectivity index (χ4n) is 2.42. The average Bonchev–Trinajstić information content (AvgIpc) is 3.15. The second-order valence-corrected chi connectivity index (χ2v) is 6.79. The quantitative estimate of drug-likeness (QED) is 0.499. The van der Waals surface area contributed by atoms with Gasteiger partial charge in [-0.3, -0.25) is 9.59 Å². The number of rotatable bonds is 7. The first-order valence-corrected chi connectivity index (χ1v) is 9.47. The molecule has 0 radical (unpaired) electrons. The van der Waals surface area contributed by atoms with Gasteiger partial charge in [0, 0.05) is 17.7 Å². The number of nitrogens with zero attached hydrogens (tertiary/aromatic N) is 4. The Kier molecular flexibility index (Phi) is 5.97. The van der Waals surface area contributed by atoms with E-state index in [0.29, 0.717) is 22.8 Å². The standard InChI is InChI=1S/C19H19N5O2S/c1-3-18(26)20-15-10-8-14(9-11-15)17(25)12-27-19-21-22-23-24(19)16-7-5-4-6-13(16)2/h4-11H,3,12H2,1-2H3,(H,20,26). The number of Topliss-reactive ketones (excluding diaryl/α,β-unsaturated/α-hetero) is 1. The van der Waals surface area contributed by atoms with Crippen LogP contribution in [0.2, 0.25) is 0 Å². The molecule has 3 rings (SSSR count). The van der Waals surface area contributed by atoms with Crippen molar-refractivity contribution in [2.75, 3.05) is 11.1 Å². The van der Waals surface area contributed by atoms with E-state index in [-0.39, 0.29) is 17.4 Å². The van der Waals surface area contributed by atoms with Crippen molar-refractivity contribution in [3.05, 3.63) is 59.7 Å². The average molecular weight is 381 g/mol. The highest BCUT2D eigenvalue weighted by Crippen LogP contribution is 2.21. The Morgan fingerprint density at radius 2 is 1.85 bits per heavy atom. The minimum absolute atomic E-state index is 0.0345. The Labute approximate surface area is 161 Å². The number of ketones is 1. The summed E-state index contributed by atoms with van der Waals surface area (Å²) in [6, 6.07) is 14.6. The van der Waals surface area contributed by atoms with Crippen molar-refractivity contribution in [2.24, 2.45) is 0 Å². The zero-order valence-electron chi connectivity index (χ0n) is 15.0. The number of carbonyl (C=O) groups is 2. The zero-order chi connectivity index (χ0) is 19.2. The van der Waals surface area contributed by atoms with Crippen LogP contribution in [-0.2, 0) is 4.79 Å². The van der Waals surface area contributed by atoms with Gasteiger partial charge in [0.2, 0.25) is 11.1 Å². The number of hydrogen-bond donors (Lipinski definition) is 1. The van der Waals surface area contributed by atoms with Gasteiger partial charge in [-0.2, -0.15) is 4.68 Å². The number of hydrogen-bond acceptors (Lipinski definition) is 6. The maximum absolute atomic E-state index is 12.5. The van der Waals surface area contributed by atoms with Gasteiger partial charge in [-0.1, -0.05) is 36.9 Å². The van der Waals surface area contributed by atoms with Gasteiger partial charge in [0.15, 0.2) is 5.78 Å². The van der Waals surface area contributed by atoms with Gasteiger partial charge in [0.05, 0.1) is 11.4 Å². The van der Waals surface area contributed by atoms with E-state index >= 15 is 0 Å². The number of benzene rings is 2. The van der Waals surface area contributed by atoms with E-state index in [4.69, 9.17) is 0 Å². The number of aryl methyl sites for hydroxylation is 1. The fraction of sp³-hybridized carbons (Fsp3) is 0.211. The third-order valence-electron chi connectivity index (χ3n) is 3.93. The first kappa shape index (κ1) is 18.8. The first-order valence-electron chi connectivity index (χ1n) is 8.48. The molecule has 0 aliphatic rings. The molecule has 2 aromatic carbocycles. The summed E-state index contributed by atoms with van der Waals surface area (Å²) in [5, 5.41) is 15.1. The predicted octanol–water partition coefficient (Wildman–Crippen LogP) is 3.29. The van der Waals surface area contributed by atoms with Gasteiger partial charge in [-0.05, 0) is 53.2 Å². The molecule has 0 atom stereocenters. The van der Waals surface area contributed by atoms with Gasteiger partial charge in [0.1, 0.15) is 0 Å². The minimum atomic E-state index is -0.0623. The van der Waals surface area contributed by atoms with E-state index in [9.17, 15) is 9.59 Å². The van der Waals surface area contributed by atoms with Crippen LogP contribution in [0.15, 0.2) is 53.7 Å². The van der Waals surface area contributed by atoms with Crippen molar-refractivity contribution in [1.29, 1.82) is 0 Å². The molecule has 8 heteroatoms. The van der Waals surface area contributed by atoms with Crippen LogP contribution >= 0.6 is 11.8 Å². The number of thioether (sulfide) groups is 1. The molecule has 0 bridgehead atoms. The molecule has 0 aliphatic carbocycles. The normalized spacial score (nSPS) is 10.6. The molecule has 0 unspecified atom stereocenters. The Morgan fingerprint density at radius 1 is 1.11 bits per heavy atom. The van der Waals surface area contributed by atoms with E-state index in [1.165, 1.54) is 11.8 Å². The molecule has 138 valence electrons. The van der Waals surface area contributed by atoms with Crippen molar-refractivity contribution in [2.45, 2.75) is 25.4 Å². The molecule has 1 N–H and O–H groups in total. The molecule has 0 aliphatic heterocycles. The summed E-state index contributed by atoms with van der Waals surface area (Å²) in [7, 11) is 0. The van der Waals surface area contributed by atoms with Crippen LogP contribution in [0.1, 0.15) is 29.3 Å². The van der Waals surface area contributed by atoms with Crippen LogP contribution in [-0.4, -0.2) is 37.7 Å². The lowest BCUT2D eigenvalue weighted by atomic mass is 10.1. The van der Waals surface area contributed by atoms with Gasteiger partial charge in [0.25, 0.3) is 0 Å². The van der Waals surface area contributed by atoms with Crippen LogP contribution in [0.3, 0.4) is 0 Å². The lowest BCUT2D eigenvalue weighted by molar-refractivity contribution is -0.115. The molecule has 7 nitrogen and oxygen atoms in total. The molecule has 0 saturated heterocycles. The van der Waals surface area contributed by atoms with Gasteiger partial charge >= 0.3 is 0 Å². The van der Waals surface area contributed by atoms with Crippen LogP contribution in [0.4, 0.5) is 5.69 Å². The number of carbonyl (C=O) groups excluding carboxylic acids is 2. The summed E-state index contributed by atoms with van der Waals surface area (Å²) in [6.45, 7) is 3.77. The van der Waals surface area contributed by atoms with Crippen molar-refractivity contribution >= 4 is 29.1 Å². The van der Waals surface area contributed by atoms with Crippen LogP contribution in [0.25, 0.3) is 5.69 Å². The molecule has 27 heavy (non-hydrogen) atoms. The van der Waals surface area contributed by atoms with Crippen molar-refractivity contribution in [3.8, 4) is 5.69 Å².